The maximum Gasteiger partial charge on any atom is 0.305 e. The number of esters is 1. The average Bonchev–Trinajstić information content (AvgIpc) is 2.30. The van der Waals surface area contributed by atoms with Crippen molar-refractivity contribution in [3.05, 3.63) is 35.9 Å². The summed E-state index contributed by atoms with van der Waals surface area (Å²) in [5.41, 5.74) is 1.18. The SMILES string of the molecule is CC(=O)OC1COCC(Cc2ccccc2)O1. The van der Waals surface area contributed by atoms with E-state index in [1.54, 1.807) is 0 Å². The number of carbonyl (C=O) groups excluding carboxylic acids is 1. The second kappa shape index (κ2) is 5.80. The van der Waals surface area contributed by atoms with Crippen LogP contribution in [0.5, 0.6) is 0 Å². The summed E-state index contributed by atoms with van der Waals surface area (Å²) in [7, 11) is 0. The van der Waals surface area contributed by atoms with Crippen molar-refractivity contribution in [1.29, 1.82) is 0 Å². The molecule has 2 atom stereocenters. The van der Waals surface area contributed by atoms with Gasteiger partial charge in [0.2, 0.25) is 6.29 Å². The summed E-state index contributed by atoms with van der Waals surface area (Å²) in [6.07, 6.45) is 0.129. The van der Waals surface area contributed by atoms with Crippen molar-refractivity contribution in [2.24, 2.45) is 0 Å². The normalized spacial score (nSPS) is 24.3. The molecule has 2 rings (SSSR count). The van der Waals surface area contributed by atoms with Crippen LogP contribution in [0.25, 0.3) is 0 Å². The number of rotatable bonds is 3. The van der Waals surface area contributed by atoms with Gasteiger partial charge in [-0.15, -0.1) is 0 Å². The molecule has 0 amide bonds. The Morgan fingerprint density at radius 2 is 2.12 bits per heavy atom. The molecule has 1 aliphatic heterocycles. The molecule has 1 aromatic rings. The minimum Gasteiger partial charge on any atom is -0.433 e. The zero-order valence-corrected chi connectivity index (χ0v) is 9.80. The Kier molecular flexibility index (Phi) is 4.12. The first-order valence-electron chi connectivity index (χ1n) is 5.68. The Morgan fingerprint density at radius 1 is 1.35 bits per heavy atom. The molecule has 4 nitrogen and oxygen atoms in total. The van der Waals surface area contributed by atoms with Crippen LogP contribution in [0.4, 0.5) is 0 Å². The highest BCUT2D eigenvalue weighted by Gasteiger charge is 2.25. The van der Waals surface area contributed by atoms with Crippen molar-refractivity contribution < 1.29 is 19.0 Å². The standard InChI is InChI=1S/C13H16O4/c1-10(14)16-13-9-15-8-12(17-13)7-11-5-3-2-4-6-11/h2-6,12-13H,7-9H2,1H3. The highest BCUT2D eigenvalue weighted by molar-refractivity contribution is 5.66. The molecule has 0 radical (unpaired) electrons. The Hall–Kier alpha value is -1.39. The van der Waals surface area contributed by atoms with Gasteiger partial charge in [-0.25, -0.2) is 0 Å². The third kappa shape index (κ3) is 3.84. The monoisotopic (exact) mass is 236 g/mol. The summed E-state index contributed by atoms with van der Waals surface area (Å²) in [4.78, 5) is 10.8. The van der Waals surface area contributed by atoms with Gasteiger partial charge in [-0.1, -0.05) is 30.3 Å². The molecular weight excluding hydrogens is 220 g/mol. The van der Waals surface area contributed by atoms with Gasteiger partial charge in [-0.05, 0) is 5.56 Å². The minimum atomic E-state index is -0.574. The summed E-state index contributed by atoms with van der Waals surface area (Å²) >= 11 is 0. The van der Waals surface area contributed by atoms with Crippen LogP contribution in [0.2, 0.25) is 0 Å². The molecule has 1 aliphatic rings. The van der Waals surface area contributed by atoms with Gasteiger partial charge in [-0.2, -0.15) is 0 Å². The van der Waals surface area contributed by atoms with Crippen LogP contribution in [-0.4, -0.2) is 31.6 Å². The molecule has 0 saturated carbocycles. The predicted octanol–water partition coefficient (Wildman–Crippen LogP) is 1.53. The van der Waals surface area contributed by atoms with E-state index in [0.717, 1.165) is 6.42 Å². The van der Waals surface area contributed by atoms with Crippen LogP contribution in [0.1, 0.15) is 12.5 Å². The van der Waals surface area contributed by atoms with E-state index in [2.05, 4.69) is 0 Å². The van der Waals surface area contributed by atoms with Crippen LogP contribution in [0.3, 0.4) is 0 Å². The molecule has 1 saturated heterocycles. The second-order valence-electron chi connectivity index (χ2n) is 4.02. The van der Waals surface area contributed by atoms with E-state index in [-0.39, 0.29) is 12.1 Å². The van der Waals surface area contributed by atoms with Crippen LogP contribution in [-0.2, 0) is 25.4 Å². The number of benzene rings is 1. The average molecular weight is 236 g/mol. The molecule has 1 aromatic carbocycles. The first kappa shape index (κ1) is 12.1. The molecule has 2 unspecified atom stereocenters. The van der Waals surface area contributed by atoms with E-state index in [1.165, 1.54) is 12.5 Å². The number of hydrogen-bond donors (Lipinski definition) is 0. The van der Waals surface area contributed by atoms with Gasteiger partial charge in [0, 0.05) is 13.3 Å². The third-order valence-electron chi connectivity index (χ3n) is 2.51. The van der Waals surface area contributed by atoms with Gasteiger partial charge < -0.3 is 14.2 Å². The van der Waals surface area contributed by atoms with Gasteiger partial charge in [0.1, 0.15) is 6.61 Å². The van der Waals surface area contributed by atoms with Crippen molar-refractivity contribution in [3.8, 4) is 0 Å². The summed E-state index contributed by atoms with van der Waals surface area (Å²) < 4.78 is 16.0. The molecular formula is C13H16O4. The quantitative estimate of drug-likeness (QED) is 0.747. The van der Waals surface area contributed by atoms with Crippen LogP contribution in [0.15, 0.2) is 30.3 Å². The third-order valence-corrected chi connectivity index (χ3v) is 2.51. The maximum absolute atomic E-state index is 10.8. The van der Waals surface area contributed by atoms with Gasteiger partial charge in [0.25, 0.3) is 0 Å². The first-order chi connectivity index (χ1) is 8.24. The Balaban J connectivity index is 1.87. The van der Waals surface area contributed by atoms with Gasteiger partial charge in [0.05, 0.1) is 12.7 Å². The maximum atomic E-state index is 10.8. The Bertz CT molecular complexity index is 363. The van der Waals surface area contributed by atoms with Crippen molar-refractivity contribution >= 4 is 5.97 Å². The first-order valence-corrected chi connectivity index (χ1v) is 5.68. The molecule has 17 heavy (non-hydrogen) atoms. The molecule has 0 aromatic heterocycles. The van der Waals surface area contributed by atoms with Gasteiger partial charge in [0.15, 0.2) is 0 Å². The second-order valence-corrected chi connectivity index (χ2v) is 4.02. The smallest absolute Gasteiger partial charge is 0.305 e. The lowest BCUT2D eigenvalue weighted by Gasteiger charge is -2.29. The fourth-order valence-corrected chi connectivity index (χ4v) is 1.82. The van der Waals surface area contributed by atoms with E-state index in [0.29, 0.717) is 13.2 Å². The van der Waals surface area contributed by atoms with Crippen LogP contribution >= 0.6 is 0 Å². The molecule has 1 heterocycles. The number of carbonyl (C=O) groups is 1. The van der Waals surface area contributed by atoms with Gasteiger partial charge in [-0.3, -0.25) is 4.79 Å². The zero-order chi connectivity index (χ0) is 12.1. The van der Waals surface area contributed by atoms with E-state index in [9.17, 15) is 4.79 Å². The van der Waals surface area contributed by atoms with E-state index in [1.807, 2.05) is 30.3 Å². The van der Waals surface area contributed by atoms with Crippen molar-refractivity contribution in [2.45, 2.75) is 25.7 Å². The number of hydrogen-bond acceptors (Lipinski definition) is 4. The summed E-state index contributed by atoms with van der Waals surface area (Å²) in [5, 5.41) is 0. The summed E-state index contributed by atoms with van der Waals surface area (Å²) in [5.74, 6) is -0.348. The molecule has 92 valence electrons. The zero-order valence-electron chi connectivity index (χ0n) is 9.80. The van der Waals surface area contributed by atoms with Crippen molar-refractivity contribution in [3.63, 3.8) is 0 Å². The van der Waals surface area contributed by atoms with Gasteiger partial charge >= 0.3 is 5.97 Å². The molecule has 4 heteroatoms. The predicted molar refractivity (Wildman–Crippen MR) is 61.4 cm³/mol. The van der Waals surface area contributed by atoms with E-state index < -0.39 is 6.29 Å². The molecule has 0 bridgehead atoms. The lowest BCUT2D eigenvalue weighted by Crippen LogP contribution is -2.39. The number of ether oxygens (including phenoxy) is 3. The lowest BCUT2D eigenvalue weighted by atomic mass is 10.1. The highest BCUT2D eigenvalue weighted by Crippen LogP contribution is 2.14. The largest absolute Gasteiger partial charge is 0.433 e. The Morgan fingerprint density at radius 3 is 2.82 bits per heavy atom. The molecule has 0 spiro atoms. The highest BCUT2D eigenvalue weighted by atomic mass is 16.7. The van der Waals surface area contributed by atoms with Crippen LogP contribution in [0, 0.1) is 0 Å². The van der Waals surface area contributed by atoms with E-state index >= 15 is 0 Å². The van der Waals surface area contributed by atoms with Crippen LogP contribution < -0.4 is 0 Å². The van der Waals surface area contributed by atoms with Crippen molar-refractivity contribution in [2.75, 3.05) is 13.2 Å². The fraction of sp³-hybridized carbons (Fsp3) is 0.462. The summed E-state index contributed by atoms with van der Waals surface area (Å²) in [6.45, 7) is 2.21. The Labute approximate surface area is 100 Å². The molecule has 0 N–H and O–H groups in total. The fourth-order valence-electron chi connectivity index (χ4n) is 1.82. The molecule has 1 fully saturated rings. The summed E-state index contributed by atoms with van der Waals surface area (Å²) in [6, 6.07) is 10.0. The topological polar surface area (TPSA) is 44.8 Å². The lowest BCUT2D eigenvalue weighted by molar-refractivity contribution is -0.236. The molecule has 0 aliphatic carbocycles. The van der Waals surface area contributed by atoms with Crippen molar-refractivity contribution in [1.82, 2.24) is 0 Å². The van der Waals surface area contributed by atoms with E-state index in [4.69, 9.17) is 14.2 Å². The minimum absolute atomic E-state index is 0.0597.